The van der Waals surface area contributed by atoms with Crippen LogP contribution < -0.4 is 4.90 Å². The van der Waals surface area contributed by atoms with Gasteiger partial charge in [-0.2, -0.15) is 13.1 Å². The highest BCUT2D eigenvalue weighted by atomic mass is 32.2. The first-order valence-corrected chi connectivity index (χ1v) is 12.4. The maximum atomic E-state index is 15.3. The minimum atomic E-state index is -3.60. The lowest BCUT2D eigenvalue weighted by molar-refractivity contribution is 0.0378. The average Bonchev–Trinajstić information content (AvgIpc) is 3.71. The van der Waals surface area contributed by atoms with Gasteiger partial charge in [-0.1, -0.05) is 48.5 Å². The third-order valence-corrected chi connectivity index (χ3v) is 8.00. The van der Waals surface area contributed by atoms with Crippen LogP contribution in [0.2, 0.25) is 0 Å². The molecule has 0 bridgehead atoms. The topological polar surface area (TPSA) is 66.4 Å². The molecular weight excluding hydrogens is 446 g/mol. The second-order valence-electron chi connectivity index (χ2n) is 8.40. The number of halogens is 2. The van der Waals surface area contributed by atoms with Crippen LogP contribution in [0, 0.1) is 0 Å². The summed E-state index contributed by atoms with van der Waals surface area (Å²) in [6.45, 7) is 1.13. The number of sulfonamides is 1. The Hall–Kier alpha value is -2.91. The number of hydrogen-bond acceptors (Lipinski definition) is 5. The highest BCUT2D eigenvalue weighted by Gasteiger charge is 2.39. The number of piperazine rings is 1. The highest BCUT2D eigenvalue weighted by molar-refractivity contribution is 7.89. The van der Waals surface area contributed by atoms with E-state index in [4.69, 9.17) is 0 Å². The SMILES string of the molecule is O=S(=O)(c1ccccc1)N1CCN(c2nc(C3CC3)cc(C(F)(F)c3ccccc3)n2)CC1. The summed E-state index contributed by atoms with van der Waals surface area (Å²) < 4.78 is 57.8. The van der Waals surface area contributed by atoms with Crippen molar-refractivity contribution >= 4 is 16.0 Å². The molecule has 2 aliphatic rings. The Kier molecular flexibility index (Phi) is 5.62. The van der Waals surface area contributed by atoms with E-state index in [1.54, 1.807) is 53.4 Å². The summed E-state index contributed by atoms with van der Waals surface area (Å²) in [7, 11) is -3.60. The third kappa shape index (κ3) is 4.35. The number of nitrogens with zero attached hydrogens (tertiary/aromatic N) is 4. The fourth-order valence-corrected chi connectivity index (χ4v) is 5.45. The van der Waals surface area contributed by atoms with Crippen LogP contribution in [-0.2, 0) is 15.9 Å². The minimum Gasteiger partial charge on any atom is -0.338 e. The zero-order valence-corrected chi connectivity index (χ0v) is 18.8. The van der Waals surface area contributed by atoms with Gasteiger partial charge in [0.25, 0.3) is 0 Å². The average molecular weight is 471 g/mol. The van der Waals surface area contributed by atoms with Crippen molar-refractivity contribution < 1.29 is 17.2 Å². The first-order chi connectivity index (χ1) is 15.9. The number of aromatic nitrogens is 2. The highest BCUT2D eigenvalue weighted by Crippen LogP contribution is 2.42. The smallest absolute Gasteiger partial charge is 0.315 e. The third-order valence-electron chi connectivity index (χ3n) is 6.09. The van der Waals surface area contributed by atoms with Crippen LogP contribution in [0.15, 0.2) is 71.6 Å². The van der Waals surface area contributed by atoms with Crippen LogP contribution in [-0.4, -0.2) is 48.9 Å². The van der Waals surface area contributed by atoms with Crippen LogP contribution in [0.25, 0.3) is 0 Å². The van der Waals surface area contributed by atoms with Crippen LogP contribution in [0.1, 0.15) is 35.7 Å². The molecule has 3 aromatic rings. The lowest BCUT2D eigenvalue weighted by Crippen LogP contribution is -2.49. The molecule has 172 valence electrons. The summed E-state index contributed by atoms with van der Waals surface area (Å²) in [6.07, 6.45) is 1.85. The number of hydrogen-bond donors (Lipinski definition) is 0. The Bertz CT molecular complexity index is 1230. The molecule has 6 nitrogen and oxygen atoms in total. The van der Waals surface area contributed by atoms with Crippen molar-refractivity contribution in [3.8, 4) is 0 Å². The molecule has 1 aromatic heterocycles. The summed E-state index contributed by atoms with van der Waals surface area (Å²) in [6, 6.07) is 17.4. The second kappa shape index (κ2) is 8.46. The van der Waals surface area contributed by atoms with Crippen molar-refractivity contribution in [2.75, 3.05) is 31.1 Å². The Morgan fingerprint density at radius 2 is 1.45 bits per heavy atom. The first kappa shape index (κ1) is 21.9. The zero-order chi connectivity index (χ0) is 23.1. The first-order valence-electron chi connectivity index (χ1n) is 11.0. The van der Waals surface area contributed by atoms with E-state index in [1.165, 1.54) is 22.5 Å². The predicted molar refractivity (Wildman–Crippen MR) is 121 cm³/mol. The number of alkyl halides is 2. The van der Waals surface area contributed by atoms with Gasteiger partial charge >= 0.3 is 5.92 Å². The van der Waals surface area contributed by atoms with Crippen LogP contribution in [0.3, 0.4) is 0 Å². The maximum absolute atomic E-state index is 15.3. The van der Waals surface area contributed by atoms with E-state index in [1.807, 2.05) is 0 Å². The number of benzene rings is 2. The van der Waals surface area contributed by atoms with Gasteiger partial charge in [-0.3, -0.25) is 0 Å². The van der Waals surface area contributed by atoms with E-state index in [0.29, 0.717) is 18.8 Å². The summed E-state index contributed by atoms with van der Waals surface area (Å²) in [5.41, 5.74) is 0.194. The second-order valence-corrected chi connectivity index (χ2v) is 10.3. The minimum absolute atomic E-state index is 0.116. The molecule has 2 fully saturated rings. The molecule has 2 aromatic carbocycles. The molecular formula is C24H24F2N4O2S. The van der Waals surface area contributed by atoms with Crippen molar-refractivity contribution in [1.29, 1.82) is 0 Å². The van der Waals surface area contributed by atoms with Crippen molar-refractivity contribution in [3.63, 3.8) is 0 Å². The Balaban J connectivity index is 1.40. The normalized spacial score (nSPS) is 17.8. The Morgan fingerprint density at radius 1 is 0.848 bits per heavy atom. The van der Waals surface area contributed by atoms with E-state index < -0.39 is 15.9 Å². The molecule has 0 amide bonds. The molecule has 0 N–H and O–H groups in total. The van der Waals surface area contributed by atoms with Crippen molar-refractivity contribution in [3.05, 3.63) is 83.7 Å². The van der Waals surface area contributed by atoms with E-state index >= 15 is 8.78 Å². The number of anilines is 1. The monoisotopic (exact) mass is 470 g/mol. The molecule has 33 heavy (non-hydrogen) atoms. The molecule has 1 aliphatic carbocycles. The molecule has 0 spiro atoms. The molecule has 1 saturated carbocycles. The van der Waals surface area contributed by atoms with Gasteiger partial charge in [0, 0.05) is 43.4 Å². The van der Waals surface area contributed by atoms with E-state index in [2.05, 4.69) is 9.97 Å². The van der Waals surface area contributed by atoms with Gasteiger partial charge in [0.1, 0.15) is 5.69 Å². The van der Waals surface area contributed by atoms with Crippen molar-refractivity contribution in [2.24, 2.45) is 0 Å². The lowest BCUT2D eigenvalue weighted by Gasteiger charge is -2.34. The summed E-state index contributed by atoms with van der Waals surface area (Å²) >= 11 is 0. The van der Waals surface area contributed by atoms with Crippen LogP contribution in [0.5, 0.6) is 0 Å². The molecule has 1 aliphatic heterocycles. The van der Waals surface area contributed by atoms with Gasteiger partial charge in [-0.05, 0) is 31.0 Å². The van der Waals surface area contributed by atoms with Gasteiger partial charge in [0.2, 0.25) is 16.0 Å². The maximum Gasteiger partial charge on any atom is 0.315 e. The van der Waals surface area contributed by atoms with Gasteiger partial charge in [-0.15, -0.1) is 0 Å². The van der Waals surface area contributed by atoms with Gasteiger partial charge in [0.05, 0.1) is 4.90 Å². The van der Waals surface area contributed by atoms with Crippen LogP contribution >= 0.6 is 0 Å². The van der Waals surface area contributed by atoms with E-state index in [0.717, 1.165) is 12.8 Å². The summed E-state index contributed by atoms with van der Waals surface area (Å²) in [4.78, 5) is 10.9. The van der Waals surface area contributed by atoms with E-state index in [9.17, 15) is 8.42 Å². The van der Waals surface area contributed by atoms with Crippen molar-refractivity contribution in [1.82, 2.24) is 14.3 Å². The zero-order valence-electron chi connectivity index (χ0n) is 17.9. The molecule has 1 saturated heterocycles. The summed E-state index contributed by atoms with van der Waals surface area (Å²) in [5.74, 6) is -2.83. The van der Waals surface area contributed by atoms with Gasteiger partial charge in [-0.25, -0.2) is 18.4 Å². The molecule has 0 unspecified atom stereocenters. The molecule has 9 heteroatoms. The van der Waals surface area contributed by atoms with E-state index in [-0.39, 0.29) is 41.1 Å². The Labute approximate surface area is 192 Å². The molecule has 5 rings (SSSR count). The predicted octanol–water partition coefficient (Wildman–Crippen LogP) is 4.01. The fourth-order valence-electron chi connectivity index (χ4n) is 4.01. The van der Waals surface area contributed by atoms with Crippen molar-refractivity contribution in [2.45, 2.75) is 29.6 Å². The lowest BCUT2D eigenvalue weighted by atomic mass is 10.0. The number of rotatable bonds is 6. The summed E-state index contributed by atoms with van der Waals surface area (Å²) in [5, 5.41) is 0. The van der Waals surface area contributed by atoms with Crippen LogP contribution in [0.4, 0.5) is 14.7 Å². The molecule has 0 atom stereocenters. The quantitative estimate of drug-likeness (QED) is 0.545. The Morgan fingerprint density at radius 3 is 2.06 bits per heavy atom. The molecule has 2 heterocycles. The largest absolute Gasteiger partial charge is 0.338 e. The van der Waals surface area contributed by atoms with Gasteiger partial charge in [0.15, 0.2) is 0 Å². The molecule has 0 radical (unpaired) electrons. The standard InChI is InChI=1S/C24H24F2N4O2S/c25-24(26,19-7-3-1-4-8-19)22-17-21(18-11-12-18)27-23(28-22)29-13-15-30(16-14-29)33(31,32)20-9-5-2-6-10-20/h1-10,17-18H,11-16H2. The fraction of sp³-hybridized carbons (Fsp3) is 0.333. The van der Waals surface area contributed by atoms with Gasteiger partial charge < -0.3 is 4.90 Å².